The molecule has 5 heteroatoms. The van der Waals surface area contributed by atoms with Crippen LogP contribution >= 0.6 is 0 Å². The minimum Gasteiger partial charge on any atom is -0.441 e. The van der Waals surface area contributed by atoms with Crippen LogP contribution in [0.1, 0.15) is 43.7 Å². The van der Waals surface area contributed by atoms with Crippen molar-refractivity contribution in [2.45, 2.75) is 53.1 Å². The van der Waals surface area contributed by atoms with Gasteiger partial charge < -0.3 is 14.5 Å². The predicted octanol–water partition coefficient (Wildman–Crippen LogP) is 3.82. The molecular formula is C20H28N2O3. The van der Waals surface area contributed by atoms with E-state index in [2.05, 4.69) is 36.3 Å². The maximum atomic E-state index is 11.9. The summed E-state index contributed by atoms with van der Waals surface area (Å²) in [5.41, 5.74) is 3.48. The summed E-state index contributed by atoms with van der Waals surface area (Å²) in [6, 6.07) is 6.19. The second-order valence-corrected chi connectivity index (χ2v) is 6.54. The third-order valence-corrected chi connectivity index (χ3v) is 4.01. The number of hydrogen-bond acceptors (Lipinski definition) is 4. The van der Waals surface area contributed by atoms with Crippen molar-refractivity contribution in [3.63, 3.8) is 0 Å². The first kappa shape index (κ1) is 19.2. The largest absolute Gasteiger partial charge is 0.441 e. The number of aryl methyl sites for hydroxylation is 3. The van der Waals surface area contributed by atoms with Crippen LogP contribution in [0, 0.1) is 13.8 Å². The lowest BCUT2D eigenvalue weighted by atomic mass is 10.1. The Kier molecular flexibility index (Phi) is 7.19. The number of rotatable bonds is 9. The van der Waals surface area contributed by atoms with Crippen LogP contribution in [-0.4, -0.2) is 30.1 Å². The highest BCUT2D eigenvalue weighted by molar-refractivity contribution is 5.76. The zero-order chi connectivity index (χ0) is 18.2. The zero-order valence-corrected chi connectivity index (χ0v) is 15.6. The van der Waals surface area contributed by atoms with Gasteiger partial charge in [-0.05, 0) is 51.3 Å². The fourth-order valence-electron chi connectivity index (χ4n) is 2.38. The summed E-state index contributed by atoms with van der Waals surface area (Å²) in [5.74, 6) is 1.34. The highest BCUT2D eigenvalue weighted by Gasteiger charge is 2.09. The standard InChI is InChI=1S/C20H28N2O3/c1-14(2)24-11-5-10-21-19(23)8-9-20-22-13-18(25-20)17-7-6-15(3)16(4)12-17/h6-7,12-14H,5,8-11H2,1-4H3,(H,21,23). The van der Waals surface area contributed by atoms with E-state index in [9.17, 15) is 4.79 Å². The molecule has 1 aromatic carbocycles. The molecule has 0 unspecified atom stereocenters. The summed E-state index contributed by atoms with van der Waals surface area (Å²) in [7, 11) is 0. The first-order chi connectivity index (χ1) is 12.0. The van der Waals surface area contributed by atoms with Crippen LogP contribution in [0.2, 0.25) is 0 Å². The number of carbonyl (C=O) groups excluding carboxylic acids is 1. The maximum Gasteiger partial charge on any atom is 0.220 e. The lowest BCUT2D eigenvalue weighted by molar-refractivity contribution is -0.121. The number of carbonyl (C=O) groups is 1. The summed E-state index contributed by atoms with van der Waals surface area (Å²) < 4.78 is 11.2. The van der Waals surface area contributed by atoms with Gasteiger partial charge >= 0.3 is 0 Å². The van der Waals surface area contributed by atoms with Crippen molar-refractivity contribution < 1.29 is 13.9 Å². The van der Waals surface area contributed by atoms with Gasteiger partial charge in [0.05, 0.1) is 12.3 Å². The number of oxazole rings is 1. The Morgan fingerprint density at radius 1 is 1.28 bits per heavy atom. The first-order valence-corrected chi connectivity index (χ1v) is 8.86. The number of nitrogens with one attached hydrogen (secondary N) is 1. The summed E-state index contributed by atoms with van der Waals surface area (Å²) in [6.45, 7) is 9.45. The molecule has 1 amide bonds. The van der Waals surface area contributed by atoms with Crippen molar-refractivity contribution in [3.05, 3.63) is 41.4 Å². The quantitative estimate of drug-likeness (QED) is 0.702. The zero-order valence-electron chi connectivity index (χ0n) is 15.6. The predicted molar refractivity (Wildman–Crippen MR) is 98.4 cm³/mol. The number of aromatic nitrogens is 1. The molecule has 1 heterocycles. The molecule has 0 bridgehead atoms. The van der Waals surface area contributed by atoms with Crippen LogP contribution in [0.25, 0.3) is 11.3 Å². The third-order valence-electron chi connectivity index (χ3n) is 4.01. The van der Waals surface area contributed by atoms with Gasteiger partial charge in [0.25, 0.3) is 0 Å². The van der Waals surface area contributed by atoms with Crippen LogP contribution in [-0.2, 0) is 16.0 Å². The van der Waals surface area contributed by atoms with Gasteiger partial charge in [0.1, 0.15) is 0 Å². The minimum atomic E-state index is 0.00970. The van der Waals surface area contributed by atoms with Crippen LogP contribution in [0.5, 0.6) is 0 Å². The smallest absolute Gasteiger partial charge is 0.220 e. The van der Waals surface area contributed by atoms with Crippen LogP contribution in [0.3, 0.4) is 0 Å². The number of benzene rings is 1. The number of nitrogens with zero attached hydrogens (tertiary/aromatic N) is 1. The molecule has 2 rings (SSSR count). The van der Waals surface area contributed by atoms with E-state index in [1.54, 1.807) is 6.20 Å². The van der Waals surface area contributed by atoms with E-state index >= 15 is 0 Å². The average molecular weight is 344 g/mol. The van der Waals surface area contributed by atoms with Gasteiger partial charge in [0, 0.05) is 31.6 Å². The van der Waals surface area contributed by atoms with Crippen molar-refractivity contribution in [2.24, 2.45) is 0 Å². The van der Waals surface area contributed by atoms with Crippen molar-refractivity contribution >= 4 is 5.91 Å². The summed E-state index contributed by atoms with van der Waals surface area (Å²) in [4.78, 5) is 16.1. The molecule has 0 spiro atoms. The number of amides is 1. The lowest BCUT2D eigenvalue weighted by Crippen LogP contribution is -2.25. The van der Waals surface area contributed by atoms with Gasteiger partial charge in [-0.25, -0.2) is 4.98 Å². The normalized spacial score (nSPS) is 11.1. The van der Waals surface area contributed by atoms with E-state index in [-0.39, 0.29) is 12.0 Å². The lowest BCUT2D eigenvalue weighted by Gasteiger charge is -2.07. The summed E-state index contributed by atoms with van der Waals surface area (Å²) >= 11 is 0. The summed E-state index contributed by atoms with van der Waals surface area (Å²) in [5, 5.41) is 2.89. The summed E-state index contributed by atoms with van der Waals surface area (Å²) in [6.07, 6.45) is 3.64. The van der Waals surface area contributed by atoms with E-state index in [4.69, 9.17) is 9.15 Å². The molecule has 0 fully saturated rings. The van der Waals surface area contributed by atoms with E-state index in [1.807, 2.05) is 19.9 Å². The fraction of sp³-hybridized carbons (Fsp3) is 0.500. The highest BCUT2D eigenvalue weighted by atomic mass is 16.5. The Bertz CT molecular complexity index is 692. The first-order valence-electron chi connectivity index (χ1n) is 8.86. The molecule has 0 saturated carbocycles. The fourth-order valence-corrected chi connectivity index (χ4v) is 2.38. The molecule has 1 aromatic heterocycles. The molecule has 25 heavy (non-hydrogen) atoms. The van der Waals surface area contributed by atoms with Crippen molar-refractivity contribution in [3.8, 4) is 11.3 Å². The Morgan fingerprint density at radius 3 is 2.80 bits per heavy atom. The molecule has 5 nitrogen and oxygen atoms in total. The second-order valence-electron chi connectivity index (χ2n) is 6.54. The van der Waals surface area contributed by atoms with Crippen LogP contribution < -0.4 is 5.32 Å². The average Bonchev–Trinajstić information content (AvgIpc) is 3.04. The molecule has 1 N–H and O–H groups in total. The molecule has 0 saturated heterocycles. The third kappa shape index (κ3) is 6.35. The Labute approximate surface area is 149 Å². The molecular weight excluding hydrogens is 316 g/mol. The van der Waals surface area contributed by atoms with Gasteiger partial charge in [-0.2, -0.15) is 0 Å². The van der Waals surface area contributed by atoms with Crippen molar-refractivity contribution in [2.75, 3.05) is 13.2 Å². The van der Waals surface area contributed by atoms with Crippen molar-refractivity contribution in [1.82, 2.24) is 10.3 Å². The minimum absolute atomic E-state index is 0.00970. The van der Waals surface area contributed by atoms with E-state index < -0.39 is 0 Å². The highest BCUT2D eigenvalue weighted by Crippen LogP contribution is 2.23. The molecule has 136 valence electrons. The van der Waals surface area contributed by atoms with Crippen LogP contribution in [0.4, 0.5) is 0 Å². The molecule has 0 aliphatic rings. The molecule has 0 aliphatic heterocycles. The second kappa shape index (κ2) is 9.37. The Morgan fingerprint density at radius 2 is 2.08 bits per heavy atom. The van der Waals surface area contributed by atoms with Crippen molar-refractivity contribution in [1.29, 1.82) is 0 Å². The monoisotopic (exact) mass is 344 g/mol. The molecule has 0 atom stereocenters. The van der Waals surface area contributed by atoms with E-state index in [0.29, 0.717) is 31.9 Å². The van der Waals surface area contributed by atoms with Gasteiger partial charge in [-0.1, -0.05) is 12.1 Å². The van der Waals surface area contributed by atoms with Gasteiger partial charge in [0.2, 0.25) is 5.91 Å². The molecule has 0 radical (unpaired) electrons. The van der Waals surface area contributed by atoms with Crippen LogP contribution in [0.15, 0.2) is 28.8 Å². The maximum absolute atomic E-state index is 11.9. The molecule has 0 aliphatic carbocycles. The van der Waals surface area contributed by atoms with Gasteiger partial charge in [0.15, 0.2) is 11.7 Å². The Balaban J connectivity index is 1.75. The molecule has 2 aromatic rings. The van der Waals surface area contributed by atoms with E-state index in [1.165, 1.54) is 11.1 Å². The number of hydrogen-bond donors (Lipinski definition) is 1. The van der Waals surface area contributed by atoms with E-state index in [0.717, 1.165) is 17.7 Å². The number of ether oxygens (including phenoxy) is 1. The van der Waals surface area contributed by atoms with Gasteiger partial charge in [-0.3, -0.25) is 4.79 Å². The Hall–Kier alpha value is -2.14. The SMILES string of the molecule is Cc1ccc(-c2cnc(CCC(=O)NCCCOC(C)C)o2)cc1C. The topological polar surface area (TPSA) is 64.4 Å². The van der Waals surface area contributed by atoms with Gasteiger partial charge in [-0.15, -0.1) is 0 Å².